The number of carbonyl (C=O) groups is 1. The Morgan fingerprint density at radius 2 is 2.27 bits per heavy atom. The summed E-state index contributed by atoms with van der Waals surface area (Å²) in [5.41, 5.74) is 0.238. The second kappa shape index (κ2) is 4.41. The molecule has 15 heavy (non-hydrogen) atoms. The summed E-state index contributed by atoms with van der Waals surface area (Å²) in [6.45, 7) is 0.997. The van der Waals surface area contributed by atoms with Crippen LogP contribution in [0.1, 0.15) is 5.56 Å². The first-order valence-corrected chi connectivity index (χ1v) is 4.11. The van der Waals surface area contributed by atoms with E-state index in [2.05, 4.69) is 0 Å². The molecule has 80 valence electrons. The van der Waals surface area contributed by atoms with Gasteiger partial charge in [0.2, 0.25) is 0 Å². The Morgan fingerprint density at radius 1 is 1.60 bits per heavy atom. The molecular formula is C9H9NO5. The van der Waals surface area contributed by atoms with Gasteiger partial charge in [-0.3, -0.25) is 10.1 Å². The van der Waals surface area contributed by atoms with Crippen LogP contribution in [0.5, 0.6) is 5.75 Å². The molecule has 1 rings (SSSR count). The SMILES string of the molecule is Cc1c(OCC(=O)O)cccc1[N+](=O)[O-]. The van der Waals surface area contributed by atoms with Gasteiger partial charge in [0.1, 0.15) is 5.75 Å². The minimum absolute atomic E-state index is 0.0853. The van der Waals surface area contributed by atoms with Gasteiger partial charge in [-0.05, 0) is 13.0 Å². The Hall–Kier alpha value is -2.11. The maximum Gasteiger partial charge on any atom is 0.341 e. The van der Waals surface area contributed by atoms with E-state index in [9.17, 15) is 14.9 Å². The molecule has 0 radical (unpaired) electrons. The molecule has 6 nitrogen and oxygen atoms in total. The molecule has 0 spiro atoms. The van der Waals surface area contributed by atoms with Crippen LogP contribution in [0.3, 0.4) is 0 Å². The first kappa shape index (κ1) is 11.0. The Labute approximate surface area is 85.2 Å². The van der Waals surface area contributed by atoms with Crippen LogP contribution in [-0.4, -0.2) is 22.6 Å². The molecule has 0 aromatic heterocycles. The van der Waals surface area contributed by atoms with Crippen LogP contribution in [-0.2, 0) is 4.79 Å². The molecule has 6 heteroatoms. The van der Waals surface area contributed by atoms with Crippen LogP contribution in [0, 0.1) is 17.0 Å². The monoisotopic (exact) mass is 211 g/mol. The lowest BCUT2D eigenvalue weighted by molar-refractivity contribution is -0.385. The highest BCUT2D eigenvalue weighted by atomic mass is 16.6. The molecule has 0 amide bonds. The molecule has 0 aliphatic heterocycles. The molecule has 0 fully saturated rings. The predicted octanol–water partition coefficient (Wildman–Crippen LogP) is 1.37. The van der Waals surface area contributed by atoms with Crippen LogP contribution in [0.4, 0.5) is 5.69 Å². The zero-order valence-corrected chi connectivity index (χ0v) is 7.97. The molecule has 0 atom stereocenters. The Morgan fingerprint density at radius 3 is 2.80 bits per heavy atom. The van der Waals surface area contributed by atoms with Gasteiger partial charge in [-0.25, -0.2) is 4.79 Å². The number of nitro benzene ring substituents is 1. The highest BCUT2D eigenvalue weighted by Crippen LogP contribution is 2.26. The summed E-state index contributed by atoms with van der Waals surface area (Å²) in [5, 5.41) is 18.9. The van der Waals surface area contributed by atoms with Crippen molar-refractivity contribution >= 4 is 11.7 Å². The average Bonchev–Trinajstić information content (AvgIpc) is 2.15. The van der Waals surface area contributed by atoms with E-state index in [-0.39, 0.29) is 11.4 Å². The van der Waals surface area contributed by atoms with Gasteiger partial charge in [0.05, 0.1) is 10.5 Å². The summed E-state index contributed by atoms with van der Waals surface area (Å²) in [4.78, 5) is 20.3. The normalized spacial score (nSPS) is 9.67. The summed E-state index contributed by atoms with van der Waals surface area (Å²) < 4.78 is 4.89. The van der Waals surface area contributed by atoms with Gasteiger partial charge >= 0.3 is 5.97 Å². The van der Waals surface area contributed by atoms with Crippen molar-refractivity contribution in [2.45, 2.75) is 6.92 Å². The fourth-order valence-electron chi connectivity index (χ4n) is 1.10. The molecule has 0 saturated heterocycles. The quantitative estimate of drug-likeness (QED) is 0.600. The minimum atomic E-state index is -1.12. The van der Waals surface area contributed by atoms with Crippen LogP contribution in [0.15, 0.2) is 18.2 Å². The van der Waals surface area contributed by atoms with Gasteiger partial charge < -0.3 is 9.84 Å². The summed E-state index contributed by atoms with van der Waals surface area (Å²) in [6, 6.07) is 4.27. The third kappa shape index (κ3) is 2.67. The topological polar surface area (TPSA) is 89.7 Å². The van der Waals surface area contributed by atoms with E-state index in [1.165, 1.54) is 25.1 Å². The van der Waals surface area contributed by atoms with E-state index in [1.54, 1.807) is 0 Å². The van der Waals surface area contributed by atoms with E-state index in [0.717, 1.165) is 0 Å². The molecule has 0 aliphatic carbocycles. The molecule has 1 aromatic carbocycles. The number of carboxylic acid groups (broad SMARTS) is 1. The first-order chi connectivity index (χ1) is 7.02. The Kier molecular flexibility index (Phi) is 3.22. The van der Waals surface area contributed by atoms with Crippen molar-refractivity contribution in [3.8, 4) is 5.75 Å². The lowest BCUT2D eigenvalue weighted by Gasteiger charge is -2.06. The number of nitrogens with zero attached hydrogens (tertiary/aromatic N) is 1. The Bertz CT molecular complexity index is 401. The third-order valence-corrected chi connectivity index (χ3v) is 1.80. The van der Waals surface area contributed by atoms with E-state index < -0.39 is 17.5 Å². The highest BCUT2D eigenvalue weighted by molar-refractivity contribution is 5.68. The summed E-state index contributed by atoms with van der Waals surface area (Å²) >= 11 is 0. The predicted molar refractivity (Wildman–Crippen MR) is 51.0 cm³/mol. The molecule has 0 bridgehead atoms. The van der Waals surface area contributed by atoms with Crippen LogP contribution in [0.25, 0.3) is 0 Å². The maximum absolute atomic E-state index is 10.5. The van der Waals surface area contributed by atoms with Crippen molar-refractivity contribution < 1.29 is 19.6 Å². The first-order valence-electron chi connectivity index (χ1n) is 4.11. The smallest absolute Gasteiger partial charge is 0.341 e. The van der Waals surface area contributed by atoms with Crippen molar-refractivity contribution in [3.05, 3.63) is 33.9 Å². The van der Waals surface area contributed by atoms with Gasteiger partial charge in [0.15, 0.2) is 6.61 Å². The van der Waals surface area contributed by atoms with Crippen LogP contribution < -0.4 is 4.74 Å². The molecular weight excluding hydrogens is 202 g/mol. The van der Waals surface area contributed by atoms with Gasteiger partial charge in [0.25, 0.3) is 5.69 Å². The van der Waals surface area contributed by atoms with Crippen molar-refractivity contribution in [3.63, 3.8) is 0 Å². The minimum Gasteiger partial charge on any atom is -0.481 e. The van der Waals surface area contributed by atoms with Gasteiger partial charge in [-0.15, -0.1) is 0 Å². The zero-order chi connectivity index (χ0) is 11.4. The maximum atomic E-state index is 10.5. The Balaban J connectivity index is 2.94. The van der Waals surface area contributed by atoms with Gasteiger partial charge in [-0.2, -0.15) is 0 Å². The number of benzene rings is 1. The number of hydrogen-bond acceptors (Lipinski definition) is 4. The number of carboxylic acids is 1. The van der Waals surface area contributed by atoms with Crippen LogP contribution in [0.2, 0.25) is 0 Å². The lowest BCUT2D eigenvalue weighted by atomic mass is 10.2. The highest BCUT2D eigenvalue weighted by Gasteiger charge is 2.14. The number of hydrogen-bond donors (Lipinski definition) is 1. The summed E-state index contributed by atoms with van der Waals surface area (Å²) in [7, 11) is 0. The van der Waals surface area contributed by atoms with E-state index in [1.807, 2.05) is 0 Å². The largest absolute Gasteiger partial charge is 0.481 e. The molecule has 0 aliphatic rings. The number of ether oxygens (including phenoxy) is 1. The van der Waals surface area contributed by atoms with Crippen molar-refractivity contribution in [2.75, 3.05) is 6.61 Å². The summed E-state index contributed by atoms with van der Waals surface area (Å²) in [5.74, 6) is -0.910. The van der Waals surface area contributed by atoms with Crippen molar-refractivity contribution in [2.24, 2.45) is 0 Å². The summed E-state index contributed by atoms with van der Waals surface area (Å²) in [6.07, 6.45) is 0. The molecule has 0 heterocycles. The van der Waals surface area contributed by atoms with E-state index in [0.29, 0.717) is 5.56 Å². The van der Waals surface area contributed by atoms with Crippen molar-refractivity contribution in [1.82, 2.24) is 0 Å². The number of aliphatic carboxylic acids is 1. The second-order valence-electron chi connectivity index (χ2n) is 2.84. The number of rotatable bonds is 4. The van der Waals surface area contributed by atoms with Crippen LogP contribution >= 0.6 is 0 Å². The number of nitro groups is 1. The lowest BCUT2D eigenvalue weighted by Crippen LogP contribution is -2.10. The third-order valence-electron chi connectivity index (χ3n) is 1.80. The zero-order valence-electron chi connectivity index (χ0n) is 7.97. The van der Waals surface area contributed by atoms with Gasteiger partial charge in [-0.1, -0.05) is 6.07 Å². The molecule has 0 saturated carbocycles. The second-order valence-corrected chi connectivity index (χ2v) is 2.84. The van der Waals surface area contributed by atoms with Gasteiger partial charge in [0, 0.05) is 6.07 Å². The molecule has 1 aromatic rings. The standard InChI is InChI=1S/C9H9NO5/c1-6-7(10(13)14)3-2-4-8(6)15-5-9(11)12/h2-4H,5H2,1H3,(H,11,12). The average molecular weight is 211 g/mol. The van der Waals surface area contributed by atoms with E-state index in [4.69, 9.17) is 9.84 Å². The molecule has 0 unspecified atom stereocenters. The molecule has 1 N–H and O–H groups in total. The van der Waals surface area contributed by atoms with E-state index >= 15 is 0 Å². The van der Waals surface area contributed by atoms with Crippen molar-refractivity contribution in [1.29, 1.82) is 0 Å². The fourth-order valence-corrected chi connectivity index (χ4v) is 1.10. The fraction of sp³-hybridized carbons (Fsp3) is 0.222.